The molecule has 1 aliphatic heterocycles. The Morgan fingerprint density at radius 3 is 1.64 bits per heavy atom. The molecule has 1 amide bonds. The molecule has 0 aromatic heterocycles. The predicted molar refractivity (Wildman–Crippen MR) is 178 cm³/mol. The molecular weight excluding hydrogens is 677 g/mol. The van der Waals surface area contributed by atoms with Gasteiger partial charge in [-0.15, -0.1) is 0 Å². The fourth-order valence-corrected chi connectivity index (χ4v) is 13.7. The largest absolute Gasteiger partial charge is 1.00 e. The van der Waals surface area contributed by atoms with Gasteiger partial charge in [0.15, 0.2) is 0 Å². The lowest BCUT2D eigenvalue weighted by atomic mass is 9.53. The van der Waals surface area contributed by atoms with Gasteiger partial charge in [-0.05, 0) is 99.6 Å². The molecule has 5 aliphatic carbocycles. The second kappa shape index (κ2) is 13.9. The fraction of sp³-hybridized carbons (Fsp3) is 0.500. The second-order valence-electron chi connectivity index (χ2n) is 14.2. The lowest BCUT2D eigenvalue weighted by Crippen LogP contribution is -3.00. The standard InChI is InChI=1S/C38H44NO6P.BrH/c40-36(39-21-10-22-46(33-11-4-1-5-12-33,34-13-6-2-7-14-34)35-15-8-3-9-16-35)41-32-17-19-37(20-18-32)42-44-38(45-43-37)30-24-28-23-29(26-30)27-31(38)25-28;/h1-9,11-16,28-32H,10,17-27H2;1H. The van der Waals surface area contributed by atoms with Crippen LogP contribution in [0.5, 0.6) is 0 Å². The highest BCUT2D eigenvalue weighted by Gasteiger charge is 2.64. The lowest BCUT2D eigenvalue weighted by Gasteiger charge is -2.60. The summed E-state index contributed by atoms with van der Waals surface area (Å²) in [6, 6.07) is 32.5. The van der Waals surface area contributed by atoms with Crippen LogP contribution >= 0.6 is 7.26 Å². The smallest absolute Gasteiger partial charge is 0.407 e. The van der Waals surface area contributed by atoms with Gasteiger partial charge in [0, 0.05) is 31.2 Å². The summed E-state index contributed by atoms with van der Waals surface area (Å²) in [6.07, 6.45) is 9.53. The first kappa shape index (κ1) is 33.2. The van der Waals surface area contributed by atoms with E-state index < -0.39 is 18.8 Å². The minimum atomic E-state index is -1.93. The van der Waals surface area contributed by atoms with E-state index in [0.717, 1.165) is 50.1 Å². The molecule has 5 saturated carbocycles. The Labute approximate surface area is 289 Å². The number of hydrogen-bond donors (Lipinski definition) is 1. The Balaban J connectivity index is 0.00000351. The van der Waals surface area contributed by atoms with Gasteiger partial charge in [-0.25, -0.2) is 4.79 Å². The highest BCUT2D eigenvalue weighted by atomic mass is 79.9. The van der Waals surface area contributed by atoms with E-state index in [9.17, 15) is 4.79 Å². The number of halogens is 1. The third-order valence-electron chi connectivity index (χ3n) is 11.4. The van der Waals surface area contributed by atoms with Crippen LogP contribution in [0.4, 0.5) is 4.79 Å². The number of hydrogen-bond acceptors (Lipinski definition) is 6. The van der Waals surface area contributed by atoms with Crippen molar-refractivity contribution in [1.82, 2.24) is 5.32 Å². The molecule has 9 heteroatoms. The molecule has 47 heavy (non-hydrogen) atoms. The van der Waals surface area contributed by atoms with Crippen molar-refractivity contribution in [1.29, 1.82) is 0 Å². The Morgan fingerprint density at radius 1 is 0.702 bits per heavy atom. The zero-order chi connectivity index (χ0) is 31.0. The van der Waals surface area contributed by atoms with E-state index in [4.69, 9.17) is 24.3 Å². The van der Waals surface area contributed by atoms with Gasteiger partial charge in [0.1, 0.15) is 29.3 Å². The minimum Gasteiger partial charge on any atom is -1.00 e. The van der Waals surface area contributed by atoms with Crippen LogP contribution in [0.2, 0.25) is 0 Å². The van der Waals surface area contributed by atoms with E-state index in [0.29, 0.717) is 44.1 Å². The third kappa shape index (κ3) is 6.31. The van der Waals surface area contributed by atoms with Crippen molar-refractivity contribution in [2.45, 2.75) is 81.9 Å². The predicted octanol–water partition coefficient (Wildman–Crippen LogP) is 3.80. The van der Waals surface area contributed by atoms with Gasteiger partial charge in [-0.1, -0.05) is 54.6 Å². The Kier molecular flexibility index (Phi) is 9.81. The molecule has 1 saturated heterocycles. The van der Waals surface area contributed by atoms with Gasteiger partial charge in [-0.2, -0.15) is 19.6 Å². The summed E-state index contributed by atoms with van der Waals surface area (Å²) in [6.45, 7) is 0.545. The third-order valence-corrected chi connectivity index (χ3v) is 15.9. The Hall–Kier alpha value is -2.32. The summed E-state index contributed by atoms with van der Waals surface area (Å²) in [7, 11) is -1.93. The van der Waals surface area contributed by atoms with Gasteiger partial charge in [0.25, 0.3) is 0 Å². The van der Waals surface area contributed by atoms with E-state index in [1.807, 2.05) is 0 Å². The summed E-state index contributed by atoms with van der Waals surface area (Å²) in [4.78, 5) is 37.4. The van der Waals surface area contributed by atoms with Gasteiger partial charge in [0.05, 0.1) is 6.16 Å². The fourth-order valence-electron chi connectivity index (χ4n) is 9.32. The van der Waals surface area contributed by atoms with Crippen LogP contribution in [0.3, 0.4) is 0 Å². The van der Waals surface area contributed by atoms with Crippen molar-refractivity contribution >= 4 is 29.3 Å². The number of nitrogens with one attached hydrogen (secondary N) is 1. The number of benzene rings is 3. The molecule has 3 aromatic carbocycles. The van der Waals surface area contributed by atoms with Crippen LogP contribution in [0, 0.1) is 23.7 Å². The average molecular weight is 723 g/mol. The molecule has 2 spiro atoms. The molecule has 250 valence electrons. The van der Waals surface area contributed by atoms with Crippen molar-refractivity contribution in [3.63, 3.8) is 0 Å². The molecule has 4 bridgehead atoms. The summed E-state index contributed by atoms with van der Waals surface area (Å²) in [5.41, 5.74) is 0. The maximum absolute atomic E-state index is 12.9. The number of ether oxygens (including phenoxy) is 1. The first-order valence-electron chi connectivity index (χ1n) is 17.3. The molecule has 0 unspecified atom stereocenters. The van der Waals surface area contributed by atoms with Crippen molar-refractivity contribution in [2.24, 2.45) is 23.7 Å². The SMILES string of the molecule is O=C(NCCC[P+](c1ccccc1)(c1ccccc1)c1ccccc1)OC1CCC2(CC1)OOC1(OO2)C2CC3CC(C2)CC1C3.[Br-]. The van der Waals surface area contributed by atoms with E-state index in [1.54, 1.807) is 0 Å². The Bertz CT molecular complexity index is 1350. The van der Waals surface area contributed by atoms with Gasteiger partial charge < -0.3 is 27.0 Å². The van der Waals surface area contributed by atoms with Crippen molar-refractivity contribution in [3.05, 3.63) is 91.0 Å². The summed E-state index contributed by atoms with van der Waals surface area (Å²) >= 11 is 0. The van der Waals surface area contributed by atoms with E-state index in [2.05, 4.69) is 96.3 Å². The van der Waals surface area contributed by atoms with Gasteiger partial charge in [0.2, 0.25) is 11.6 Å². The molecule has 1 N–H and O–H groups in total. The molecule has 3 aromatic rings. The van der Waals surface area contributed by atoms with Crippen LogP contribution in [0.15, 0.2) is 91.0 Å². The highest BCUT2D eigenvalue weighted by Crippen LogP contribution is 2.62. The quantitative estimate of drug-likeness (QED) is 0.217. The first-order valence-corrected chi connectivity index (χ1v) is 19.3. The van der Waals surface area contributed by atoms with Gasteiger partial charge >= 0.3 is 6.09 Å². The Morgan fingerprint density at radius 2 is 1.17 bits per heavy atom. The highest BCUT2D eigenvalue weighted by molar-refractivity contribution is 7.95. The zero-order valence-electron chi connectivity index (χ0n) is 26.8. The zero-order valence-corrected chi connectivity index (χ0v) is 29.3. The summed E-state index contributed by atoms with van der Waals surface area (Å²) in [5.74, 6) is 0.643. The molecule has 1 heterocycles. The van der Waals surface area contributed by atoms with Crippen LogP contribution in [0.1, 0.15) is 64.2 Å². The molecule has 7 nitrogen and oxygen atoms in total. The van der Waals surface area contributed by atoms with E-state index in [-0.39, 0.29) is 29.2 Å². The summed E-state index contributed by atoms with van der Waals surface area (Å²) in [5, 5.41) is 7.08. The van der Waals surface area contributed by atoms with E-state index >= 15 is 0 Å². The number of amides is 1. The maximum atomic E-state index is 12.9. The topological polar surface area (TPSA) is 75.3 Å². The molecule has 0 radical (unpaired) electrons. The number of rotatable bonds is 8. The van der Waals surface area contributed by atoms with E-state index in [1.165, 1.54) is 22.3 Å². The number of alkyl carbamates (subject to hydrolysis) is 1. The van der Waals surface area contributed by atoms with Crippen LogP contribution in [-0.2, 0) is 24.3 Å². The van der Waals surface area contributed by atoms with Crippen LogP contribution in [0.25, 0.3) is 0 Å². The van der Waals surface area contributed by atoms with Crippen molar-refractivity contribution in [2.75, 3.05) is 12.7 Å². The molecular formula is C38H45BrNO6P. The lowest BCUT2D eigenvalue weighted by molar-refractivity contribution is -0.680. The molecule has 6 aliphatic rings. The van der Waals surface area contributed by atoms with Crippen molar-refractivity contribution in [3.8, 4) is 0 Å². The molecule has 0 atom stereocenters. The minimum absolute atomic E-state index is 0. The number of carbonyl (C=O) groups is 1. The monoisotopic (exact) mass is 721 g/mol. The number of carbonyl (C=O) groups excluding carboxylic acids is 1. The molecule has 6 fully saturated rings. The van der Waals surface area contributed by atoms with Gasteiger partial charge in [-0.3, -0.25) is 0 Å². The second-order valence-corrected chi connectivity index (χ2v) is 17.8. The maximum Gasteiger partial charge on any atom is 0.407 e. The van der Waals surface area contributed by atoms with Crippen molar-refractivity contribution < 1.29 is 46.1 Å². The summed E-state index contributed by atoms with van der Waals surface area (Å²) < 4.78 is 5.86. The molecule has 9 rings (SSSR count). The van der Waals surface area contributed by atoms with Crippen LogP contribution in [-0.4, -0.2) is 36.5 Å². The first-order chi connectivity index (χ1) is 22.6. The normalized spacial score (nSPS) is 32.6. The van der Waals surface area contributed by atoms with Crippen LogP contribution < -0.4 is 38.2 Å². The average Bonchev–Trinajstić information content (AvgIpc) is 3.10.